The second-order valence-electron chi connectivity index (χ2n) is 6.83. The third-order valence-corrected chi connectivity index (χ3v) is 5.16. The van der Waals surface area contributed by atoms with E-state index in [1.54, 1.807) is 17.2 Å². The number of benzene rings is 1. The standard InChI is InChI=1S/C22H23N5O2S/c1-4-28-20-10-6-5-9-19(20)21-24-25-22(30)27(21)23-13-17-12-15(2)26(16(17)3)14-18-8-7-11-29-18/h5-13H,4,14H2,1-3H3,(H,25,30)/b23-13-. The molecule has 8 heteroatoms. The van der Waals surface area contributed by atoms with Crippen LogP contribution in [0.1, 0.15) is 29.6 Å². The van der Waals surface area contributed by atoms with E-state index in [1.807, 2.05) is 43.3 Å². The highest BCUT2D eigenvalue weighted by Crippen LogP contribution is 2.28. The van der Waals surface area contributed by atoms with Gasteiger partial charge in [-0.3, -0.25) is 0 Å². The summed E-state index contributed by atoms with van der Waals surface area (Å²) in [5, 5.41) is 11.8. The largest absolute Gasteiger partial charge is 0.493 e. The molecule has 0 saturated carbocycles. The van der Waals surface area contributed by atoms with Crippen LogP contribution in [0.2, 0.25) is 0 Å². The zero-order valence-electron chi connectivity index (χ0n) is 17.1. The fraction of sp³-hybridized carbons (Fsp3) is 0.227. The summed E-state index contributed by atoms with van der Waals surface area (Å²) in [7, 11) is 0. The van der Waals surface area contributed by atoms with Gasteiger partial charge in [0.05, 0.1) is 31.2 Å². The first-order valence-corrected chi connectivity index (χ1v) is 10.1. The first kappa shape index (κ1) is 19.9. The average Bonchev–Trinajstić information content (AvgIpc) is 3.44. The van der Waals surface area contributed by atoms with Crippen molar-refractivity contribution in [2.45, 2.75) is 27.3 Å². The fourth-order valence-corrected chi connectivity index (χ4v) is 3.57. The lowest BCUT2D eigenvalue weighted by molar-refractivity contribution is 0.341. The quantitative estimate of drug-likeness (QED) is 0.339. The summed E-state index contributed by atoms with van der Waals surface area (Å²) >= 11 is 5.41. The molecule has 154 valence electrons. The van der Waals surface area contributed by atoms with Gasteiger partial charge in [0.25, 0.3) is 0 Å². The maximum atomic E-state index is 5.74. The van der Waals surface area contributed by atoms with Crippen LogP contribution in [-0.2, 0) is 6.54 Å². The van der Waals surface area contributed by atoms with Crippen molar-refractivity contribution in [2.75, 3.05) is 6.61 Å². The predicted octanol–water partition coefficient (Wildman–Crippen LogP) is 4.95. The predicted molar refractivity (Wildman–Crippen MR) is 119 cm³/mol. The fourth-order valence-electron chi connectivity index (χ4n) is 3.39. The number of aromatic nitrogens is 4. The summed E-state index contributed by atoms with van der Waals surface area (Å²) in [6, 6.07) is 13.7. The van der Waals surface area contributed by atoms with Crippen molar-refractivity contribution in [2.24, 2.45) is 5.10 Å². The Kier molecular flexibility index (Phi) is 5.67. The number of hydrogen-bond acceptors (Lipinski definition) is 5. The van der Waals surface area contributed by atoms with E-state index < -0.39 is 0 Å². The summed E-state index contributed by atoms with van der Waals surface area (Å²) < 4.78 is 15.5. The number of hydrogen-bond donors (Lipinski definition) is 1. The first-order chi connectivity index (χ1) is 14.6. The molecule has 4 aromatic rings. The van der Waals surface area contributed by atoms with Gasteiger partial charge in [-0.15, -0.1) is 0 Å². The molecule has 0 bridgehead atoms. The Bertz CT molecular complexity index is 1230. The Morgan fingerprint density at radius 2 is 2.07 bits per heavy atom. The highest BCUT2D eigenvalue weighted by Gasteiger charge is 2.14. The van der Waals surface area contributed by atoms with E-state index in [9.17, 15) is 0 Å². The Labute approximate surface area is 179 Å². The van der Waals surface area contributed by atoms with Crippen molar-refractivity contribution in [1.29, 1.82) is 0 Å². The molecule has 0 radical (unpaired) electrons. The van der Waals surface area contributed by atoms with Crippen LogP contribution in [0.5, 0.6) is 5.75 Å². The molecule has 0 aliphatic heterocycles. The molecule has 0 aliphatic rings. The number of nitrogens with one attached hydrogen (secondary N) is 1. The smallest absolute Gasteiger partial charge is 0.216 e. The van der Waals surface area contributed by atoms with E-state index in [-0.39, 0.29) is 0 Å². The molecule has 0 unspecified atom stereocenters. The summed E-state index contributed by atoms with van der Waals surface area (Å²) in [6.07, 6.45) is 3.49. The Morgan fingerprint density at radius 1 is 1.23 bits per heavy atom. The maximum absolute atomic E-state index is 5.74. The van der Waals surface area contributed by atoms with Crippen molar-refractivity contribution < 1.29 is 9.15 Å². The molecule has 0 aliphatic carbocycles. The van der Waals surface area contributed by atoms with Gasteiger partial charge in [0, 0.05) is 17.0 Å². The van der Waals surface area contributed by atoms with E-state index in [1.165, 1.54) is 0 Å². The van der Waals surface area contributed by atoms with Gasteiger partial charge >= 0.3 is 0 Å². The molecular weight excluding hydrogens is 398 g/mol. The Hall–Kier alpha value is -3.39. The van der Waals surface area contributed by atoms with Gasteiger partial charge in [0.1, 0.15) is 11.5 Å². The van der Waals surface area contributed by atoms with Gasteiger partial charge in [-0.05, 0) is 63.3 Å². The normalized spacial score (nSPS) is 11.4. The molecule has 1 N–H and O–H groups in total. The number of H-pyrrole nitrogens is 1. The summed E-state index contributed by atoms with van der Waals surface area (Å²) in [6.45, 7) is 7.33. The number of ether oxygens (including phenoxy) is 1. The van der Waals surface area contributed by atoms with Gasteiger partial charge in [0.15, 0.2) is 5.82 Å². The highest BCUT2D eigenvalue weighted by molar-refractivity contribution is 7.71. The minimum atomic E-state index is 0.414. The molecule has 30 heavy (non-hydrogen) atoms. The van der Waals surface area contributed by atoms with Crippen LogP contribution >= 0.6 is 12.2 Å². The molecule has 0 fully saturated rings. The third kappa shape index (κ3) is 3.86. The molecule has 0 saturated heterocycles. The highest BCUT2D eigenvalue weighted by atomic mass is 32.1. The molecule has 0 atom stereocenters. The molecule has 1 aromatic carbocycles. The van der Waals surface area contributed by atoms with Crippen LogP contribution in [0.4, 0.5) is 0 Å². The van der Waals surface area contributed by atoms with Crippen LogP contribution in [0.15, 0.2) is 58.2 Å². The monoisotopic (exact) mass is 421 g/mol. The van der Waals surface area contributed by atoms with Crippen LogP contribution in [-0.4, -0.2) is 32.3 Å². The third-order valence-electron chi connectivity index (χ3n) is 4.90. The SMILES string of the molecule is CCOc1ccccc1-c1n[nH]c(=S)n1/N=C\c1cc(C)n(Cc2ccco2)c1C. The zero-order chi connectivity index (χ0) is 21.1. The van der Waals surface area contributed by atoms with Crippen molar-refractivity contribution in [3.8, 4) is 17.1 Å². The first-order valence-electron chi connectivity index (χ1n) is 9.71. The van der Waals surface area contributed by atoms with E-state index in [4.69, 9.17) is 21.4 Å². The zero-order valence-corrected chi connectivity index (χ0v) is 17.9. The second-order valence-corrected chi connectivity index (χ2v) is 7.22. The number of furan rings is 1. The van der Waals surface area contributed by atoms with Gasteiger partial charge in [-0.25, -0.2) is 5.10 Å². The van der Waals surface area contributed by atoms with Crippen molar-refractivity contribution in [3.05, 3.63) is 76.2 Å². The van der Waals surface area contributed by atoms with Crippen LogP contribution in [0, 0.1) is 18.6 Å². The molecule has 3 aromatic heterocycles. The molecule has 7 nitrogen and oxygen atoms in total. The van der Waals surface area contributed by atoms with Crippen molar-refractivity contribution >= 4 is 18.4 Å². The van der Waals surface area contributed by atoms with Gasteiger partial charge in [-0.1, -0.05) is 12.1 Å². The number of nitrogens with zero attached hydrogens (tertiary/aromatic N) is 4. The summed E-state index contributed by atoms with van der Waals surface area (Å²) in [5.74, 6) is 2.25. The Balaban J connectivity index is 1.68. The molecule has 0 spiro atoms. The van der Waals surface area contributed by atoms with Crippen LogP contribution in [0.25, 0.3) is 11.4 Å². The lowest BCUT2D eigenvalue weighted by Gasteiger charge is -2.09. The number of aromatic amines is 1. The Morgan fingerprint density at radius 3 is 2.83 bits per heavy atom. The van der Waals surface area contributed by atoms with Gasteiger partial charge in [0.2, 0.25) is 4.77 Å². The van der Waals surface area contributed by atoms with Gasteiger partial charge in [-0.2, -0.15) is 14.9 Å². The lowest BCUT2D eigenvalue weighted by atomic mass is 10.2. The van der Waals surface area contributed by atoms with E-state index in [2.05, 4.69) is 39.8 Å². The second kappa shape index (κ2) is 8.54. The molecule has 3 heterocycles. The molecular formula is C22H23N5O2S. The minimum absolute atomic E-state index is 0.414. The van der Waals surface area contributed by atoms with Crippen molar-refractivity contribution in [1.82, 2.24) is 19.4 Å². The molecule has 4 rings (SSSR count). The summed E-state index contributed by atoms with van der Waals surface area (Å²) in [5.41, 5.74) is 4.06. The minimum Gasteiger partial charge on any atom is -0.493 e. The van der Waals surface area contributed by atoms with Gasteiger partial charge < -0.3 is 13.7 Å². The van der Waals surface area contributed by atoms with Crippen LogP contribution < -0.4 is 4.74 Å². The van der Waals surface area contributed by atoms with E-state index in [0.29, 0.717) is 23.7 Å². The lowest BCUT2D eigenvalue weighted by Crippen LogP contribution is -2.03. The van der Waals surface area contributed by atoms with E-state index in [0.717, 1.165) is 34.0 Å². The number of rotatable bonds is 7. The molecule has 0 amide bonds. The van der Waals surface area contributed by atoms with Crippen LogP contribution in [0.3, 0.4) is 0 Å². The maximum Gasteiger partial charge on any atom is 0.216 e. The number of para-hydroxylation sites is 1. The van der Waals surface area contributed by atoms with E-state index >= 15 is 0 Å². The summed E-state index contributed by atoms with van der Waals surface area (Å²) in [4.78, 5) is 0. The topological polar surface area (TPSA) is 73.3 Å². The number of aryl methyl sites for hydroxylation is 1. The van der Waals surface area contributed by atoms with Crippen molar-refractivity contribution in [3.63, 3.8) is 0 Å². The average molecular weight is 422 g/mol.